The molecule has 0 aliphatic rings. The molecule has 0 atom stereocenters. The number of nitrogens with one attached hydrogen (secondary N) is 1. The molecule has 0 radical (unpaired) electrons. The number of rotatable bonds is 7. The SMILES string of the molecule is COc1ccc(Cn2nc(C)c(NC(=O)c3cc(SC)ccc3Cl)c2C)cc1OC. The molecule has 0 saturated carbocycles. The first-order valence-corrected chi connectivity index (χ1v) is 10.9. The van der Waals surface area contributed by atoms with E-state index in [0.717, 1.165) is 21.8 Å². The molecule has 8 heteroatoms. The van der Waals surface area contributed by atoms with Crippen molar-refractivity contribution in [3.8, 4) is 11.5 Å². The molecule has 0 saturated heterocycles. The van der Waals surface area contributed by atoms with E-state index in [2.05, 4.69) is 10.4 Å². The van der Waals surface area contributed by atoms with Gasteiger partial charge in [-0.15, -0.1) is 11.8 Å². The van der Waals surface area contributed by atoms with Crippen molar-refractivity contribution in [2.45, 2.75) is 25.3 Å². The van der Waals surface area contributed by atoms with Crippen molar-refractivity contribution < 1.29 is 14.3 Å². The van der Waals surface area contributed by atoms with E-state index in [1.165, 1.54) is 0 Å². The minimum atomic E-state index is -0.257. The highest BCUT2D eigenvalue weighted by atomic mass is 35.5. The maximum atomic E-state index is 12.9. The Balaban J connectivity index is 1.85. The molecule has 1 N–H and O–H groups in total. The standard InChI is InChI=1S/C22H24ClN3O3S/c1-13-21(24-22(27)17-11-16(30-5)7-8-18(17)23)14(2)26(25-13)12-15-6-9-19(28-3)20(10-15)29-4/h6-11H,12H2,1-5H3,(H,24,27). The lowest BCUT2D eigenvalue weighted by atomic mass is 10.2. The number of ether oxygens (including phenoxy) is 2. The number of thioether (sulfide) groups is 1. The van der Waals surface area contributed by atoms with Crippen LogP contribution in [0.1, 0.15) is 27.3 Å². The maximum absolute atomic E-state index is 12.9. The van der Waals surface area contributed by atoms with E-state index >= 15 is 0 Å². The molecule has 0 aliphatic carbocycles. The van der Waals surface area contributed by atoms with Crippen molar-refractivity contribution in [2.24, 2.45) is 0 Å². The molecule has 30 heavy (non-hydrogen) atoms. The summed E-state index contributed by atoms with van der Waals surface area (Å²) in [6.45, 7) is 4.33. The third-order valence-electron chi connectivity index (χ3n) is 4.82. The van der Waals surface area contributed by atoms with Gasteiger partial charge < -0.3 is 14.8 Å². The van der Waals surface area contributed by atoms with Crippen LogP contribution in [0.15, 0.2) is 41.3 Å². The number of aryl methyl sites for hydroxylation is 1. The van der Waals surface area contributed by atoms with Gasteiger partial charge in [0.05, 0.1) is 48.4 Å². The Morgan fingerprint density at radius 1 is 1.13 bits per heavy atom. The van der Waals surface area contributed by atoms with Crippen LogP contribution in [0.3, 0.4) is 0 Å². The predicted molar refractivity (Wildman–Crippen MR) is 122 cm³/mol. The molecule has 158 valence electrons. The number of methoxy groups -OCH3 is 2. The topological polar surface area (TPSA) is 65.4 Å². The summed E-state index contributed by atoms with van der Waals surface area (Å²) >= 11 is 7.80. The first-order chi connectivity index (χ1) is 14.4. The fourth-order valence-corrected chi connectivity index (χ4v) is 3.81. The summed E-state index contributed by atoms with van der Waals surface area (Å²) in [5.74, 6) is 1.08. The fourth-order valence-electron chi connectivity index (χ4n) is 3.17. The zero-order valence-corrected chi connectivity index (χ0v) is 19.1. The number of carbonyl (C=O) groups excluding carboxylic acids is 1. The van der Waals surface area contributed by atoms with Gasteiger partial charge in [-0.2, -0.15) is 5.10 Å². The predicted octanol–water partition coefficient (Wildman–Crippen LogP) is 5.19. The number of hydrogen-bond donors (Lipinski definition) is 1. The average Bonchev–Trinajstić information content (AvgIpc) is 3.01. The zero-order chi connectivity index (χ0) is 21.8. The summed E-state index contributed by atoms with van der Waals surface area (Å²) < 4.78 is 12.5. The number of halogens is 1. The lowest BCUT2D eigenvalue weighted by molar-refractivity contribution is 0.102. The Hall–Kier alpha value is -2.64. The Bertz CT molecular complexity index is 1080. The minimum absolute atomic E-state index is 0.257. The van der Waals surface area contributed by atoms with Crippen LogP contribution < -0.4 is 14.8 Å². The minimum Gasteiger partial charge on any atom is -0.493 e. The molecule has 3 aromatic rings. The first-order valence-electron chi connectivity index (χ1n) is 9.27. The van der Waals surface area contributed by atoms with Crippen molar-refractivity contribution in [2.75, 3.05) is 25.8 Å². The summed E-state index contributed by atoms with van der Waals surface area (Å²) in [6, 6.07) is 11.2. The van der Waals surface area contributed by atoms with Crippen LogP contribution in [-0.2, 0) is 6.54 Å². The van der Waals surface area contributed by atoms with Crippen molar-refractivity contribution in [1.29, 1.82) is 0 Å². The largest absolute Gasteiger partial charge is 0.493 e. The third kappa shape index (κ3) is 4.57. The van der Waals surface area contributed by atoms with Crippen LogP contribution in [0.25, 0.3) is 0 Å². The molecule has 2 aromatic carbocycles. The molecule has 0 bridgehead atoms. The number of amides is 1. The van der Waals surface area contributed by atoms with E-state index in [0.29, 0.717) is 34.3 Å². The van der Waals surface area contributed by atoms with Crippen molar-refractivity contribution in [3.63, 3.8) is 0 Å². The summed E-state index contributed by atoms with van der Waals surface area (Å²) in [5, 5.41) is 7.99. The van der Waals surface area contributed by atoms with Gasteiger partial charge in [-0.05, 0) is 56.0 Å². The van der Waals surface area contributed by atoms with Crippen molar-refractivity contribution >= 4 is 35.0 Å². The van der Waals surface area contributed by atoms with Crippen LogP contribution in [0.5, 0.6) is 11.5 Å². The highest BCUT2D eigenvalue weighted by Gasteiger charge is 2.18. The Labute approximate surface area is 185 Å². The number of benzene rings is 2. The molecule has 1 amide bonds. The Kier molecular flexibility index (Phi) is 6.95. The fraction of sp³-hybridized carbons (Fsp3) is 0.273. The van der Waals surface area contributed by atoms with Crippen molar-refractivity contribution in [3.05, 3.63) is 63.9 Å². The van der Waals surface area contributed by atoms with E-state index in [9.17, 15) is 4.79 Å². The quantitative estimate of drug-likeness (QED) is 0.507. The lowest BCUT2D eigenvalue weighted by Gasteiger charge is -2.11. The van der Waals surface area contributed by atoms with E-state index in [4.69, 9.17) is 21.1 Å². The molecule has 0 spiro atoms. The zero-order valence-electron chi connectivity index (χ0n) is 17.6. The molecule has 3 rings (SSSR count). The van der Waals surface area contributed by atoms with E-state index in [1.807, 2.05) is 49.1 Å². The summed E-state index contributed by atoms with van der Waals surface area (Å²) in [6.07, 6.45) is 1.96. The molecule has 0 fully saturated rings. The molecule has 0 unspecified atom stereocenters. The van der Waals surface area contributed by atoms with Gasteiger partial charge in [0.25, 0.3) is 5.91 Å². The van der Waals surface area contributed by atoms with Crippen LogP contribution in [-0.4, -0.2) is 36.2 Å². The van der Waals surface area contributed by atoms with Gasteiger partial charge in [0, 0.05) is 4.90 Å². The van der Waals surface area contributed by atoms with Crippen LogP contribution in [0, 0.1) is 13.8 Å². The molecule has 1 aromatic heterocycles. The van der Waals surface area contributed by atoms with Gasteiger partial charge in [0.2, 0.25) is 0 Å². The van der Waals surface area contributed by atoms with E-state index < -0.39 is 0 Å². The highest BCUT2D eigenvalue weighted by Crippen LogP contribution is 2.29. The second kappa shape index (κ2) is 9.45. The number of carbonyl (C=O) groups is 1. The summed E-state index contributed by atoms with van der Waals surface area (Å²) in [5.41, 5.74) is 3.72. The molecular formula is C22H24ClN3O3S. The number of anilines is 1. The monoisotopic (exact) mass is 445 g/mol. The maximum Gasteiger partial charge on any atom is 0.257 e. The first kappa shape index (κ1) is 22.1. The van der Waals surface area contributed by atoms with Gasteiger partial charge in [-0.25, -0.2) is 0 Å². The molecular weight excluding hydrogens is 422 g/mol. The summed E-state index contributed by atoms with van der Waals surface area (Å²) in [4.78, 5) is 13.8. The second-order valence-electron chi connectivity index (χ2n) is 6.69. The van der Waals surface area contributed by atoms with Gasteiger partial charge >= 0.3 is 0 Å². The van der Waals surface area contributed by atoms with Crippen LogP contribution in [0.2, 0.25) is 5.02 Å². The number of aromatic nitrogens is 2. The highest BCUT2D eigenvalue weighted by molar-refractivity contribution is 7.98. The van der Waals surface area contributed by atoms with Crippen LogP contribution >= 0.6 is 23.4 Å². The average molecular weight is 446 g/mol. The van der Waals surface area contributed by atoms with Crippen LogP contribution in [0.4, 0.5) is 5.69 Å². The van der Waals surface area contributed by atoms with Gasteiger partial charge in [0.1, 0.15) is 0 Å². The number of hydrogen-bond acceptors (Lipinski definition) is 5. The molecule has 1 heterocycles. The van der Waals surface area contributed by atoms with Gasteiger partial charge in [-0.3, -0.25) is 9.48 Å². The number of nitrogens with zero attached hydrogens (tertiary/aromatic N) is 2. The smallest absolute Gasteiger partial charge is 0.257 e. The molecule has 0 aliphatic heterocycles. The van der Waals surface area contributed by atoms with E-state index in [-0.39, 0.29) is 5.91 Å². The Morgan fingerprint density at radius 3 is 2.53 bits per heavy atom. The van der Waals surface area contributed by atoms with E-state index in [1.54, 1.807) is 38.1 Å². The summed E-state index contributed by atoms with van der Waals surface area (Å²) in [7, 11) is 3.21. The lowest BCUT2D eigenvalue weighted by Crippen LogP contribution is -2.14. The normalized spacial score (nSPS) is 10.7. The Morgan fingerprint density at radius 2 is 1.87 bits per heavy atom. The molecule has 6 nitrogen and oxygen atoms in total. The second-order valence-corrected chi connectivity index (χ2v) is 7.98. The van der Waals surface area contributed by atoms with Crippen molar-refractivity contribution in [1.82, 2.24) is 9.78 Å². The van der Waals surface area contributed by atoms with Gasteiger partial charge in [0.15, 0.2) is 11.5 Å². The third-order valence-corrected chi connectivity index (χ3v) is 5.87. The van der Waals surface area contributed by atoms with Gasteiger partial charge in [-0.1, -0.05) is 17.7 Å².